The first-order valence-corrected chi connectivity index (χ1v) is 11.2. The highest BCUT2D eigenvalue weighted by molar-refractivity contribution is 7.15. The van der Waals surface area contributed by atoms with Gasteiger partial charge >= 0.3 is 0 Å². The Morgan fingerprint density at radius 2 is 1.91 bits per heavy atom. The molecule has 0 aliphatic carbocycles. The minimum atomic E-state index is -0.103. The van der Waals surface area contributed by atoms with Crippen molar-refractivity contribution in [3.8, 4) is 11.5 Å². The van der Waals surface area contributed by atoms with Crippen LogP contribution in [0.5, 0.6) is 11.5 Å². The molecule has 0 aliphatic heterocycles. The number of para-hydroxylation sites is 2. The Hall–Kier alpha value is -3.35. The van der Waals surface area contributed by atoms with Crippen molar-refractivity contribution in [1.29, 1.82) is 0 Å². The maximum Gasteiger partial charge on any atom is 0.274 e. The number of aryl methyl sites for hydroxylation is 1. The molecule has 0 saturated carbocycles. The van der Waals surface area contributed by atoms with Gasteiger partial charge in [0.15, 0.2) is 16.5 Å². The minimum absolute atomic E-state index is 0.103. The maximum atomic E-state index is 13.0. The summed E-state index contributed by atoms with van der Waals surface area (Å²) >= 11 is 7.89. The third-order valence-electron chi connectivity index (χ3n) is 5.33. The quantitative estimate of drug-likeness (QED) is 0.368. The number of methoxy groups -OCH3 is 1. The second kappa shape index (κ2) is 8.30. The fraction of sp³-hybridized carbons (Fsp3) is 0.120. The summed E-state index contributed by atoms with van der Waals surface area (Å²) in [7, 11) is 1.57. The van der Waals surface area contributed by atoms with E-state index in [-0.39, 0.29) is 5.56 Å². The van der Waals surface area contributed by atoms with Gasteiger partial charge in [-0.3, -0.25) is 4.79 Å². The van der Waals surface area contributed by atoms with Crippen LogP contribution in [0.15, 0.2) is 65.5 Å². The lowest BCUT2D eigenvalue weighted by molar-refractivity contribution is 0.284. The molecule has 5 rings (SSSR count). The van der Waals surface area contributed by atoms with Crippen LogP contribution >= 0.6 is 22.9 Å². The zero-order valence-corrected chi connectivity index (χ0v) is 19.0. The van der Waals surface area contributed by atoms with Crippen molar-refractivity contribution in [1.82, 2.24) is 9.38 Å². The van der Waals surface area contributed by atoms with Gasteiger partial charge in [-0.25, -0.2) is 9.38 Å². The summed E-state index contributed by atoms with van der Waals surface area (Å²) in [5, 5.41) is 0.420. The van der Waals surface area contributed by atoms with Crippen LogP contribution in [-0.2, 0) is 6.61 Å². The predicted octanol–water partition coefficient (Wildman–Crippen LogP) is 5.01. The van der Waals surface area contributed by atoms with E-state index in [1.54, 1.807) is 23.7 Å². The standard InChI is InChI=1S/C25H19ClN2O3S/c1-15-7-3-4-8-17(15)14-31-23-18(26)11-16(12-21(23)30-2)13-22-24(29)28-20-10-6-5-9-19(20)27-25(28)32-22/h3-13H,14H2,1-2H3/b22-13-. The Morgan fingerprint density at radius 1 is 1.12 bits per heavy atom. The monoisotopic (exact) mass is 462 g/mol. The molecular weight excluding hydrogens is 444 g/mol. The molecule has 0 unspecified atom stereocenters. The lowest BCUT2D eigenvalue weighted by atomic mass is 10.1. The number of benzene rings is 3. The molecular formula is C25H19ClN2O3S. The summed E-state index contributed by atoms with van der Waals surface area (Å²) in [4.78, 5) is 18.2. The minimum Gasteiger partial charge on any atom is -0.493 e. The number of halogens is 1. The van der Waals surface area contributed by atoms with Gasteiger partial charge in [-0.15, -0.1) is 0 Å². The molecule has 2 aromatic heterocycles. The highest BCUT2D eigenvalue weighted by Crippen LogP contribution is 2.37. The van der Waals surface area contributed by atoms with Crippen molar-refractivity contribution in [3.05, 3.63) is 97.3 Å². The maximum absolute atomic E-state index is 13.0. The van der Waals surface area contributed by atoms with E-state index >= 15 is 0 Å². The molecule has 0 N–H and O–H groups in total. The van der Waals surface area contributed by atoms with Crippen molar-refractivity contribution in [2.24, 2.45) is 0 Å². The summed E-state index contributed by atoms with van der Waals surface area (Å²) in [5.41, 5.74) is 4.48. The lowest BCUT2D eigenvalue weighted by Gasteiger charge is -2.14. The normalized spacial score (nSPS) is 12.0. The number of thiazole rings is 1. The molecule has 0 radical (unpaired) electrons. The highest BCUT2D eigenvalue weighted by atomic mass is 35.5. The van der Waals surface area contributed by atoms with E-state index in [9.17, 15) is 4.79 Å². The Morgan fingerprint density at radius 3 is 2.72 bits per heavy atom. The Balaban J connectivity index is 1.53. The highest BCUT2D eigenvalue weighted by Gasteiger charge is 2.14. The van der Waals surface area contributed by atoms with Crippen LogP contribution in [-0.4, -0.2) is 16.5 Å². The average Bonchev–Trinajstić information content (AvgIpc) is 3.30. The molecule has 160 valence electrons. The number of ether oxygens (including phenoxy) is 2. The lowest BCUT2D eigenvalue weighted by Crippen LogP contribution is -2.22. The second-order valence-electron chi connectivity index (χ2n) is 7.38. The fourth-order valence-corrected chi connectivity index (χ4v) is 4.91. The first-order valence-electron chi connectivity index (χ1n) is 10.0. The first kappa shape index (κ1) is 20.5. The van der Waals surface area contributed by atoms with E-state index in [2.05, 4.69) is 4.98 Å². The Kier molecular flexibility index (Phi) is 5.33. The molecule has 7 heteroatoms. The Bertz CT molecular complexity index is 1570. The zero-order chi connectivity index (χ0) is 22.2. The van der Waals surface area contributed by atoms with Gasteiger partial charge < -0.3 is 9.47 Å². The smallest absolute Gasteiger partial charge is 0.274 e. The number of hydrogen-bond donors (Lipinski definition) is 0. The number of aromatic nitrogens is 2. The van der Waals surface area contributed by atoms with E-state index < -0.39 is 0 Å². The van der Waals surface area contributed by atoms with Gasteiger partial charge in [0.2, 0.25) is 0 Å². The van der Waals surface area contributed by atoms with Gasteiger partial charge in [-0.1, -0.05) is 59.3 Å². The fourth-order valence-electron chi connectivity index (χ4n) is 3.65. The van der Waals surface area contributed by atoms with Crippen molar-refractivity contribution in [2.75, 3.05) is 7.11 Å². The topological polar surface area (TPSA) is 52.8 Å². The van der Waals surface area contributed by atoms with Crippen LogP contribution in [0.25, 0.3) is 22.1 Å². The Labute approximate surface area is 193 Å². The number of fused-ring (bicyclic) bond motifs is 3. The van der Waals surface area contributed by atoms with Gasteiger partial charge in [0, 0.05) is 0 Å². The molecule has 32 heavy (non-hydrogen) atoms. The van der Waals surface area contributed by atoms with Crippen LogP contribution < -0.4 is 19.6 Å². The summed E-state index contributed by atoms with van der Waals surface area (Å²) in [6, 6.07) is 19.2. The van der Waals surface area contributed by atoms with E-state index in [1.165, 1.54) is 11.3 Å². The number of rotatable bonds is 5. The molecule has 2 heterocycles. The average molecular weight is 463 g/mol. The van der Waals surface area contributed by atoms with Crippen LogP contribution in [0, 0.1) is 6.92 Å². The largest absolute Gasteiger partial charge is 0.493 e. The number of imidazole rings is 1. The van der Waals surface area contributed by atoms with Crippen molar-refractivity contribution in [2.45, 2.75) is 13.5 Å². The van der Waals surface area contributed by atoms with E-state index in [0.717, 1.165) is 27.7 Å². The van der Waals surface area contributed by atoms with Crippen LogP contribution in [0.2, 0.25) is 5.02 Å². The molecule has 0 atom stereocenters. The van der Waals surface area contributed by atoms with Crippen molar-refractivity contribution in [3.63, 3.8) is 0 Å². The third kappa shape index (κ3) is 3.61. The van der Waals surface area contributed by atoms with Crippen molar-refractivity contribution < 1.29 is 9.47 Å². The summed E-state index contributed by atoms with van der Waals surface area (Å²) in [6.07, 6.45) is 1.80. The van der Waals surface area contributed by atoms with E-state index in [1.807, 2.05) is 61.5 Å². The van der Waals surface area contributed by atoms with Crippen LogP contribution in [0.3, 0.4) is 0 Å². The SMILES string of the molecule is COc1cc(/C=c2\sc3nc4ccccc4n3c2=O)cc(Cl)c1OCc1ccccc1C. The van der Waals surface area contributed by atoms with Gasteiger partial charge in [0.05, 0.1) is 27.7 Å². The molecule has 5 nitrogen and oxygen atoms in total. The molecule has 0 saturated heterocycles. The summed E-state index contributed by atoms with van der Waals surface area (Å²) in [5.74, 6) is 0.987. The molecule has 3 aromatic carbocycles. The summed E-state index contributed by atoms with van der Waals surface area (Å²) < 4.78 is 13.7. The zero-order valence-electron chi connectivity index (χ0n) is 17.5. The van der Waals surface area contributed by atoms with E-state index in [4.69, 9.17) is 21.1 Å². The molecule has 0 bridgehead atoms. The van der Waals surface area contributed by atoms with Gasteiger partial charge in [0.1, 0.15) is 6.61 Å². The van der Waals surface area contributed by atoms with Crippen molar-refractivity contribution >= 4 is 45.0 Å². The van der Waals surface area contributed by atoms with Gasteiger partial charge in [-0.05, 0) is 54.0 Å². The predicted molar refractivity (Wildman–Crippen MR) is 129 cm³/mol. The van der Waals surface area contributed by atoms with Crippen LogP contribution in [0.1, 0.15) is 16.7 Å². The summed E-state index contributed by atoms with van der Waals surface area (Å²) in [6.45, 7) is 2.42. The molecule has 0 fully saturated rings. The number of nitrogens with zero attached hydrogens (tertiary/aromatic N) is 2. The first-order chi connectivity index (χ1) is 15.5. The molecule has 0 aliphatic rings. The second-order valence-corrected chi connectivity index (χ2v) is 8.80. The third-order valence-corrected chi connectivity index (χ3v) is 6.58. The number of hydrogen-bond acceptors (Lipinski definition) is 5. The van der Waals surface area contributed by atoms with Gasteiger partial charge in [0.25, 0.3) is 5.56 Å². The molecule has 0 amide bonds. The molecule has 5 aromatic rings. The van der Waals surface area contributed by atoms with Crippen LogP contribution in [0.4, 0.5) is 0 Å². The molecule has 0 spiro atoms. The van der Waals surface area contributed by atoms with Gasteiger partial charge in [-0.2, -0.15) is 0 Å². The van der Waals surface area contributed by atoms with E-state index in [0.29, 0.717) is 32.6 Å².